The van der Waals surface area contributed by atoms with E-state index < -0.39 is 11.6 Å². The van der Waals surface area contributed by atoms with Gasteiger partial charge in [0, 0.05) is 44.8 Å². The molecule has 1 fully saturated rings. The Bertz CT molecular complexity index is 1200. The molecule has 2 heterocycles. The molecule has 37 heavy (non-hydrogen) atoms. The van der Waals surface area contributed by atoms with E-state index in [9.17, 15) is 18.4 Å². The molecule has 1 aliphatic rings. The van der Waals surface area contributed by atoms with Gasteiger partial charge in [0.25, 0.3) is 5.91 Å². The fourth-order valence-corrected chi connectivity index (χ4v) is 4.40. The topological polar surface area (TPSA) is 65.5 Å². The second-order valence-electron chi connectivity index (χ2n) is 9.42. The van der Waals surface area contributed by atoms with E-state index in [4.69, 9.17) is 0 Å². The Morgan fingerprint density at radius 1 is 0.919 bits per heavy atom. The highest BCUT2D eigenvalue weighted by molar-refractivity contribution is 5.94. The molecule has 2 amide bonds. The average molecular weight is 507 g/mol. The van der Waals surface area contributed by atoms with Gasteiger partial charge >= 0.3 is 0 Å². The highest BCUT2D eigenvalue weighted by Gasteiger charge is 2.22. The molecule has 2 aromatic carbocycles. The predicted octanol–water partition coefficient (Wildman–Crippen LogP) is 4.39. The molecule has 1 saturated heterocycles. The summed E-state index contributed by atoms with van der Waals surface area (Å²) in [4.78, 5) is 33.6. The number of benzene rings is 2. The first-order valence-electron chi connectivity index (χ1n) is 12.7. The quantitative estimate of drug-likeness (QED) is 0.468. The lowest BCUT2D eigenvalue weighted by molar-refractivity contribution is -0.131. The molecule has 4 rings (SSSR count). The number of hydrogen-bond acceptors (Lipinski definition) is 4. The third-order valence-electron chi connectivity index (χ3n) is 6.66. The maximum Gasteiger partial charge on any atom is 0.253 e. The largest absolute Gasteiger partial charge is 0.353 e. The van der Waals surface area contributed by atoms with Crippen LogP contribution in [-0.4, -0.2) is 53.9 Å². The Morgan fingerprint density at radius 3 is 2.35 bits per heavy atom. The lowest BCUT2D eigenvalue weighted by Gasteiger charge is -2.35. The first-order chi connectivity index (χ1) is 17.9. The number of rotatable bonds is 9. The van der Waals surface area contributed by atoms with Gasteiger partial charge in [0.2, 0.25) is 5.91 Å². The van der Waals surface area contributed by atoms with Crippen molar-refractivity contribution in [2.45, 2.75) is 38.6 Å². The van der Waals surface area contributed by atoms with Crippen molar-refractivity contribution in [2.75, 3.05) is 31.1 Å². The summed E-state index contributed by atoms with van der Waals surface area (Å²) in [7, 11) is 0. The number of aryl methyl sites for hydroxylation is 2. The van der Waals surface area contributed by atoms with Gasteiger partial charge < -0.3 is 15.1 Å². The van der Waals surface area contributed by atoms with Gasteiger partial charge in [-0.15, -0.1) is 0 Å². The van der Waals surface area contributed by atoms with Crippen molar-refractivity contribution < 1.29 is 18.4 Å². The van der Waals surface area contributed by atoms with Crippen molar-refractivity contribution in [2.24, 2.45) is 0 Å². The standard InChI is InChI=1S/C29H32F2N4O2/c1-21(7-8-22-5-3-2-4-6-22)33-29(37)24-11-13-27(32-20-24)34-15-17-35(18-16-34)28(36)14-10-23-9-12-25(30)26(31)19-23/h2-6,9,11-13,19-21H,7-8,10,14-18H2,1H3,(H,33,37). The Kier molecular flexibility index (Phi) is 8.82. The van der Waals surface area contributed by atoms with E-state index in [1.807, 2.05) is 31.2 Å². The number of carbonyl (C=O) groups excluding carboxylic acids is 2. The minimum atomic E-state index is -0.896. The molecule has 1 unspecified atom stereocenters. The maximum absolute atomic E-state index is 13.4. The molecule has 8 heteroatoms. The van der Waals surface area contributed by atoms with Gasteiger partial charge in [0.05, 0.1) is 5.56 Å². The molecule has 0 spiro atoms. The molecule has 3 aromatic rings. The lowest BCUT2D eigenvalue weighted by atomic mass is 10.1. The molecule has 1 aromatic heterocycles. The van der Waals surface area contributed by atoms with Gasteiger partial charge in [0.1, 0.15) is 5.82 Å². The predicted molar refractivity (Wildman–Crippen MR) is 139 cm³/mol. The first-order valence-corrected chi connectivity index (χ1v) is 12.7. The average Bonchev–Trinajstić information content (AvgIpc) is 2.93. The fourth-order valence-electron chi connectivity index (χ4n) is 4.40. The summed E-state index contributed by atoms with van der Waals surface area (Å²) in [5.41, 5.74) is 2.37. The van der Waals surface area contributed by atoms with Crippen LogP contribution >= 0.6 is 0 Å². The zero-order valence-electron chi connectivity index (χ0n) is 21.0. The zero-order valence-corrected chi connectivity index (χ0v) is 21.0. The number of halogens is 2. The molecular formula is C29H32F2N4O2. The van der Waals surface area contributed by atoms with E-state index in [2.05, 4.69) is 27.3 Å². The van der Waals surface area contributed by atoms with Crippen LogP contribution in [0.1, 0.15) is 41.3 Å². The molecule has 0 radical (unpaired) electrons. The molecule has 1 aliphatic heterocycles. The third kappa shape index (κ3) is 7.35. The van der Waals surface area contributed by atoms with Crippen LogP contribution in [0.15, 0.2) is 66.9 Å². The summed E-state index contributed by atoms with van der Waals surface area (Å²) in [6.45, 7) is 4.37. The fraction of sp³-hybridized carbons (Fsp3) is 0.345. The third-order valence-corrected chi connectivity index (χ3v) is 6.66. The maximum atomic E-state index is 13.4. The first kappa shape index (κ1) is 26.3. The van der Waals surface area contributed by atoms with Gasteiger partial charge in [-0.3, -0.25) is 9.59 Å². The van der Waals surface area contributed by atoms with Gasteiger partial charge in [0.15, 0.2) is 11.6 Å². The molecule has 1 N–H and O–H groups in total. The second kappa shape index (κ2) is 12.4. The van der Waals surface area contributed by atoms with Crippen LogP contribution in [0.5, 0.6) is 0 Å². The van der Waals surface area contributed by atoms with Crippen molar-refractivity contribution in [3.63, 3.8) is 0 Å². The number of anilines is 1. The van der Waals surface area contributed by atoms with Crippen LogP contribution in [-0.2, 0) is 17.6 Å². The molecule has 1 atom stereocenters. The van der Waals surface area contributed by atoms with Crippen molar-refractivity contribution in [1.29, 1.82) is 0 Å². The number of nitrogens with zero attached hydrogens (tertiary/aromatic N) is 3. The van der Waals surface area contributed by atoms with E-state index in [0.717, 1.165) is 30.8 Å². The van der Waals surface area contributed by atoms with Crippen LogP contribution in [0.2, 0.25) is 0 Å². The van der Waals surface area contributed by atoms with E-state index in [1.54, 1.807) is 17.2 Å². The number of hydrogen-bond donors (Lipinski definition) is 1. The number of pyridine rings is 1. The smallest absolute Gasteiger partial charge is 0.253 e. The van der Waals surface area contributed by atoms with Crippen molar-refractivity contribution in [3.05, 3.63) is 95.2 Å². The van der Waals surface area contributed by atoms with Crippen molar-refractivity contribution in [1.82, 2.24) is 15.2 Å². The Balaban J connectivity index is 1.21. The summed E-state index contributed by atoms with van der Waals surface area (Å²) >= 11 is 0. The van der Waals surface area contributed by atoms with Crippen LogP contribution in [0, 0.1) is 11.6 Å². The summed E-state index contributed by atoms with van der Waals surface area (Å²) < 4.78 is 26.5. The lowest BCUT2D eigenvalue weighted by Crippen LogP contribution is -2.49. The molecule has 0 saturated carbocycles. The minimum absolute atomic E-state index is 0.00857. The van der Waals surface area contributed by atoms with Crippen LogP contribution in [0.3, 0.4) is 0 Å². The number of aromatic nitrogens is 1. The Morgan fingerprint density at radius 2 is 1.68 bits per heavy atom. The number of nitrogens with one attached hydrogen (secondary N) is 1. The highest BCUT2D eigenvalue weighted by Crippen LogP contribution is 2.16. The van der Waals surface area contributed by atoms with Crippen LogP contribution in [0.4, 0.5) is 14.6 Å². The SMILES string of the molecule is CC(CCc1ccccc1)NC(=O)c1ccc(N2CCN(C(=O)CCc3ccc(F)c(F)c3)CC2)nc1. The molecule has 0 aliphatic carbocycles. The van der Waals surface area contributed by atoms with Gasteiger partial charge in [-0.05, 0) is 61.6 Å². The molecule has 194 valence electrons. The zero-order chi connectivity index (χ0) is 26.2. The van der Waals surface area contributed by atoms with Gasteiger partial charge in [-0.2, -0.15) is 0 Å². The van der Waals surface area contributed by atoms with Crippen LogP contribution < -0.4 is 10.2 Å². The molecular weight excluding hydrogens is 474 g/mol. The number of piperazine rings is 1. The summed E-state index contributed by atoms with van der Waals surface area (Å²) in [5, 5.41) is 3.04. The molecule has 6 nitrogen and oxygen atoms in total. The van der Waals surface area contributed by atoms with E-state index in [0.29, 0.717) is 43.7 Å². The van der Waals surface area contributed by atoms with E-state index in [-0.39, 0.29) is 24.3 Å². The van der Waals surface area contributed by atoms with Crippen LogP contribution in [0.25, 0.3) is 0 Å². The normalized spacial score (nSPS) is 14.4. The summed E-state index contributed by atoms with van der Waals surface area (Å²) in [5.74, 6) is -1.17. The number of carbonyl (C=O) groups is 2. The Hall–Kier alpha value is -3.81. The van der Waals surface area contributed by atoms with E-state index in [1.165, 1.54) is 11.6 Å². The second-order valence-corrected chi connectivity index (χ2v) is 9.42. The van der Waals surface area contributed by atoms with Gasteiger partial charge in [-0.25, -0.2) is 13.8 Å². The summed E-state index contributed by atoms with van der Waals surface area (Å²) in [6.07, 6.45) is 3.96. The van der Waals surface area contributed by atoms with Crippen molar-refractivity contribution in [3.8, 4) is 0 Å². The van der Waals surface area contributed by atoms with Gasteiger partial charge in [-0.1, -0.05) is 36.4 Å². The van der Waals surface area contributed by atoms with E-state index >= 15 is 0 Å². The number of amides is 2. The monoisotopic (exact) mass is 506 g/mol. The minimum Gasteiger partial charge on any atom is -0.353 e. The highest BCUT2D eigenvalue weighted by atomic mass is 19.2. The summed E-state index contributed by atoms with van der Waals surface area (Å²) in [6, 6.07) is 17.6. The van der Waals surface area contributed by atoms with Crippen molar-refractivity contribution >= 4 is 17.6 Å². The Labute approximate surface area is 216 Å². The molecule has 0 bridgehead atoms.